The van der Waals surface area contributed by atoms with Crippen LogP contribution in [0.5, 0.6) is 5.75 Å². The first-order valence-electron chi connectivity index (χ1n) is 5.78. The first kappa shape index (κ1) is 15.5. The zero-order chi connectivity index (χ0) is 14.5. The highest BCUT2D eigenvalue weighted by molar-refractivity contribution is 7.89. The molecule has 0 aliphatic heterocycles. The summed E-state index contributed by atoms with van der Waals surface area (Å²) in [6, 6.07) is 3.95. The SMILES string of the molecule is CCCCOC(=O)c1cc(OC)ccc1S(N)(=O)=O. The lowest BCUT2D eigenvalue weighted by Crippen LogP contribution is -2.18. The van der Waals surface area contributed by atoms with E-state index in [0.29, 0.717) is 12.2 Å². The molecule has 6 nitrogen and oxygen atoms in total. The Labute approximate surface area is 112 Å². The molecular formula is C12H17NO5S. The molecule has 0 unspecified atom stereocenters. The van der Waals surface area contributed by atoms with Crippen molar-refractivity contribution in [3.8, 4) is 5.75 Å². The van der Waals surface area contributed by atoms with E-state index in [-0.39, 0.29) is 17.1 Å². The second-order valence-electron chi connectivity index (χ2n) is 3.90. The average Bonchev–Trinajstić information content (AvgIpc) is 2.37. The van der Waals surface area contributed by atoms with Gasteiger partial charge in [-0.1, -0.05) is 13.3 Å². The molecule has 0 aliphatic carbocycles. The molecule has 0 heterocycles. The Morgan fingerprint density at radius 2 is 2.05 bits per heavy atom. The molecule has 106 valence electrons. The fourth-order valence-corrected chi connectivity index (χ4v) is 2.14. The Kier molecular flexibility index (Phi) is 5.31. The Bertz CT molecular complexity index is 553. The maximum absolute atomic E-state index is 11.9. The molecule has 0 radical (unpaired) electrons. The average molecular weight is 287 g/mol. The second kappa shape index (κ2) is 6.53. The van der Waals surface area contributed by atoms with E-state index in [0.717, 1.165) is 6.42 Å². The molecule has 0 aliphatic rings. The van der Waals surface area contributed by atoms with E-state index in [4.69, 9.17) is 14.6 Å². The molecule has 1 aromatic carbocycles. The summed E-state index contributed by atoms with van der Waals surface area (Å²) < 4.78 is 32.8. The third-order valence-corrected chi connectivity index (χ3v) is 3.41. The second-order valence-corrected chi connectivity index (χ2v) is 5.43. The van der Waals surface area contributed by atoms with Crippen molar-refractivity contribution in [3.05, 3.63) is 23.8 Å². The van der Waals surface area contributed by atoms with Gasteiger partial charge in [0, 0.05) is 0 Å². The van der Waals surface area contributed by atoms with Crippen molar-refractivity contribution in [2.45, 2.75) is 24.7 Å². The number of esters is 1. The smallest absolute Gasteiger partial charge is 0.339 e. The minimum atomic E-state index is -3.99. The molecule has 0 aromatic heterocycles. The number of benzene rings is 1. The fraction of sp³-hybridized carbons (Fsp3) is 0.417. The molecule has 1 rings (SSSR count). The van der Waals surface area contributed by atoms with E-state index < -0.39 is 16.0 Å². The maximum atomic E-state index is 11.9. The number of hydrogen-bond donors (Lipinski definition) is 1. The summed E-state index contributed by atoms with van der Waals surface area (Å²) in [4.78, 5) is 11.6. The monoisotopic (exact) mass is 287 g/mol. The summed E-state index contributed by atoms with van der Waals surface area (Å²) in [5, 5.41) is 5.07. The Morgan fingerprint density at radius 1 is 1.37 bits per heavy atom. The minimum absolute atomic E-state index is 0.113. The van der Waals surface area contributed by atoms with Gasteiger partial charge in [-0.2, -0.15) is 0 Å². The van der Waals surface area contributed by atoms with Gasteiger partial charge in [0.1, 0.15) is 5.75 Å². The van der Waals surface area contributed by atoms with Gasteiger partial charge in [-0.25, -0.2) is 18.4 Å². The van der Waals surface area contributed by atoms with E-state index in [1.165, 1.54) is 25.3 Å². The van der Waals surface area contributed by atoms with E-state index in [9.17, 15) is 13.2 Å². The highest BCUT2D eigenvalue weighted by atomic mass is 32.2. The lowest BCUT2D eigenvalue weighted by Gasteiger charge is -2.09. The van der Waals surface area contributed by atoms with Crippen molar-refractivity contribution in [1.82, 2.24) is 0 Å². The van der Waals surface area contributed by atoms with Crippen LogP contribution in [0.25, 0.3) is 0 Å². The standard InChI is InChI=1S/C12H17NO5S/c1-3-4-7-18-12(14)10-8-9(17-2)5-6-11(10)19(13,15)16/h5-6,8H,3-4,7H2,1-2H3,(H2,13,15,16). The van der Waals surface area contributed by atoms with Crippen LogP contribution in [0.15, 0.2) is 23.1 Å². The summed E-state index contributed by atoms with van der Waals surface area (Å²) in [6.45, 7) is 2.19. The van der Waals surface area contributed by atoms with Gasteiger partial charge in [0.2, 0.25) is 10.0 Å². The summed E-state index contributed by atoms with van der Waals surface area (Å²) in [5.74, 6) is -0.369. The van der Waals surface area contributed by atoms with Crippen LogP contribution in [0.4, 0.5) is 0 Å². The van der Waals surface area contributed by atoms with Gasteiger partial charge in [0.05, 0.1) is 24.2 Å². The predicted octanol–water partition coefficient (Wildman–Crippen LogP) is 1.30. The first-order chi connectivity index (χ1) is 8.90. The number of primary sulfonamides is 1. The zero-order valence-electron chi connectivity index (χ0n) is 10.9. The van der Waals surface area contributed by atoms with Gasteiger partial charge < -0.3 is 9.47 Å². The predicted molar refractivity (Wildman–Crippen MR) is 69.6 cm³/mol. The lowest BCUT2D eigenvalue weighted by atomic mass is 10.2. The molecule has 0 atom stereocenters. The first-order valence-corrected chi connectivity index (χ1v) is 7.32. The summed E-state index contributed by atoms with van der Waals surface area (Å²) in [6.07, 6.45) is 1.58. The highest BCUT2D eigenvalue weighted by Gasteiger charge is 2.21. The number of nitrogens with two attached hydrogens (primary N) is 1. The van der Waals surface area contributed by atoms with Crippen LogP contribution >= 0.6 is 0 Å². The molecule has 1 aromatic rings. The van der Waals surface area contributed by atoms with E-state index in [1.54, 1.807) is 0 Å². The Balaban J connectivity index is 3.11. The summed E-state index contributed by atoms with van der Waals surface area (Å²) in [5.41, 5.74) is -0.113. The van der Waals surface area contributed by atoms with E-state index in [1.807, 2.05) is 6.92 Å². The summed E-state index contributed by atoms with van der Waals surface area (Å²) in [7, 11) is -2.58. The minimum Gasteiger partial charge on any atom is -0.497 e. The fourth-order valence-electron chi connectivity index (χ4n) is 1.43. The zero-order valence-corrected chi connectivity index (χ0v) is 11.7. The van der Waals surface area contributed by atoms with Gasteiger partial charge in [0.25, 0.3) is 0 Å². The van der Waals surface area contributed by atoms with Crippen LogP contribution in [-0.4, -0.2) is 28.1 Å². The number of hydrogen-bond acceptors (Lipinski definition) is 5. The van der Waals surface area contributed by atoms with Crippen molar-refractivity contribution in [3.63, 3.8) is 0 Å². The van der Waals surface area contributed by atoms with Crippen molar-refractivity contribution >= 4 is 16.0 Å². The molecule has 0 saturated carbocycles. The molecular weight excluding hydrogens is 270 g/mol. The number of unbranched alkanes of at least 4 members (excludes halogenated alkanes) is 1. The van der Waals surface area contributed by atoms with Gasteiger partial charge in [-0.05, 0) is 24.6 Å². The van der Waals surface area contributed by atoms with Gasteiger partial charge >= 0.3 is 5.97 Å². The normalized spacial score (nSPS) is 11.1. The molecule has 2 N–H and O–H groups in total. The van der Waals surface area contributed by atoms with Crippen LogP contribution in [0, 0.1) is 0 Å². The molecule has 0 saturated heterocycles. The highest BCUT2D eigenvalue weighted by Crippen LogP contribution is 2.21. The topological polar surface area (TPSA) is 95.7 Å². The third-order valence-electron chi connectivity index (χ3n) is 2.44. The van der Waals surface area contributed by atoms with Crippen LogP contribution in [0.2, 0.25) is 0 Å². The molecule has 0 bridgehead atoms. The Hall–Kier alpha value is -1.60. The molecule has 0 fully saturated rings. The number of rotatable bonds is 6. The van der Waals surface area contributed by atoms with Crippen LogP contribution in [0.3, 0.4) is 0 Å². The van der Waals surface area contributed by atoms with Crippen molar-refractivity contribution in [2.24, 2.45) is 5.14 Å². The molecule has 7 heteroatoms. The number of sulfonamides is 1. The maximum Gasteiger partial charge on any atom is 0.339 e. The number of methoxy groups -OCH3 is 1. The number of ether oxygens (including phenoxy) is 2. The van der Waals surface area contributed by atoms with Gasteiger partial charge in [0.15, 0.2) is 0 Å². The van der Waals surface area contributed by atoms with E-state index in [2.05, 4.69) is 0 Å². The van der Waals surface area contributed by atoms with Gasteiger partial charge in [-0.15, -0.1) is 0 Å². The van der Waals surface area contributed by atoms with Crippen molar-refractivity contribution in [1.29, 1.82) is 0 Å². The Morgan fingerprint density at radius 3 is 2.58 bits per heavy atom. The third kappa shape index (κ3) is 4.22. The van der Waals surface area contributed by atoms with Crippen molar-refractivity contribution < 1.29 is 22.7 Å². The van der Waals surface area contributed by atoms with Crippen molar-refractivity contribution in [2.75, 3.05) is 13.7 Å². The summed E-state index contributed by atoms with van der Waals surface area (Å²) >= 11 is 0. The van der Waals surface area contributed by atoms with Crippen LogP contribution in [-0.2, 0) is 14.8 Å². The molecule has 0 amide bonds. The number of carbonyl (C=O) groups excluding carboxylic acids is 1. The molecule has 0 spiro atoms. The largest absolute Gasteiger partial charge is 0.497 e. The van der Waals surface area contributed by atoms with Crippen LogP contribution in [0.1, 0.15) is 30.1 Å². The quantitative estimate of drug-likeness (QED) is 0.628. The van der Waals surface area contributed by atoms with Crippen LogP contribution < -0.4 is 9.88 Å². The lowest BCUT2D eigenvalue weighted by molar-refractivity contribution is 0.0494. The number of carbonyl (C=O) groups is 1. The van der Waals surface area contributed by atoms with E-state index >= 15 is 0 Å². The molecule has 19 heavy (non-hydrogen) atoms. The van der Waals surface area contributed by atoms with Gasteiger partial charge in [-0.3, -0.25) is 0 Å².